The normalized spacial score (nSPS) is 14.3. The van der Waals surface area contributed by atoms with Crippen molar-refractivity contribution in [3.05, 3.63) is 174 Å². The predicted molar refractivity (Wildman–Crippen MR) is 162 cm³/mol. The van der Waals surface area contributed by atoms with Crippen molar-refractivity contribution >= 4 is 40.3 Å². The molecule has 0 saturated carbocycles. The van der Waals surface area contributed by atoms with E-state index in [2.05, 4.69) is 150 Å². The maximum Gasteiger partial charge on any atom is 0.242 e. The van der Waals surface area contributed by atoms with Crippen LogP contribution in [0.2, 0.25) is 0 Å². The van der Waals surface area contributed by atoms with E-state index in [0.717, 1.165) is 17.2 Å². The lowest BCUT2D eigenvalue weighted by Crippen LogP contribution is -2.62. The Balaban J connectivity index is 1.53. The fourth-order valence-corrected chi connectivity index (χ4v) is 7.03. The van der Waals surface area contributed by atoms with Crippen LogP contribution in [0.1, 0.15) is 22.3 Å². The van der Waals surface area contributed by atoms with E-state index in [1.54, 1.807) is 0 Å². The van der Waals surface area contributed by atoms with E-state index in [1.165, 1.54) is 38.6 Å². The molecule has 2 aliphatic rings. The number of hydrogen-bond acceptors (Lipinski definition) is 2. The molecule has 1 spiro atoms. The van der Waals surface area contributed by atoms with Crippen LogP contribution in [-0.4, -0.2) is 11.7 Å². The van der Waals surface area contributed by atoms with Gasteiger partial charge in [0.05, 0.1) is 11.1 Å². The van der Waals surface area contributed by atoms with Crippen molar-refractivity contribution in [3.8, 4) is 0 Å². The maximum absolute atomic E-state index is 5.07. The molecule has 1 aromatic heterocycles. The Morgan fingerprint density at radius 2 is 1.03 bits per heavy atom. The highest BCUT2D eigenvalue weighted by atomic mass is 15.2. The van der Waals surface area contributed by atoms with Crippen molar-refractivity contribution in [1.82, 2.24) is 4.98 Å². The van der Waals surface area contributed by atoms with Gasteiger partial charge in [-0.1, -0.05) is 138 Å². The number of pyridine rings is 1. The number of hydrogen-bond donors (Lipinski definition) is 0. The van der Waals surface area contributed by atoms with Crippen molar-refractivity contribution < 1.29 is 0 Å². The number of nitrogens with zero attached hydrogens (tertiary/aromatic N) is 2. The monoisotopic (exact) mass is 496 g/mol. The lowest BCUT2D eigenvalue weighted by atomic mass is 9.30. The summed E-state index contributed by atoms with van der Waals surface area (Å²) in [6.07, 6.45) is 1.92. The Kier molecular flexibility index (Phi) is 4.87. The molecular weight excluding hydrogens is 471 g/mol. The van der Waals surface area contributed by atoms with Crippen LogP contribution in [0.3, 0.4) is 0 Å². The fourth-order valence-electron chi connectivity index (χ4n) is 7.03. The molecule has 182 valence electrons. The molecule has 5 aromatic carbocycles. The number of anilines is 3. The number of rotatable bonds is 2. The quantitative estimate of drug-likeness (QED) is 0.270. The van der Waals surface area contributed by atoms with Crippen molar-refractivity contribution in [2.45, 2.75) is 5.41 Å². The molecule has 39 heavy (non-hydrogen) atoms. The third kappa shape index (κ3) is 3.02. The van der Waals surface area contributed by atoms with Gasteiger partial charge in [-0.3, -0.25) is 4.90 Å². The Morgan fingerprint density at radius 3 is 1.72 bits per heavy atom. The Bertz CT molecular complexity index is 1600. The number of para-hydroxylation sites is 2. The van der Waals surface area contributed by atoms with Gasteiger partial charge < -0.3 is 0 Å². The zero-order valence-electron chi connectivity index (χ0n) is 21.4. The van der Waals surface area contributed by atoms with Crippen molar-refractivity contribution in [3.63, 3.8) is 0 Å². The highest BCUT2D eigenvalue weighted by molar-refractivity contribution is 6.96. The van der Waals surface area contributed by atoms with Crippen LogP contribution in [0.5, 0.6) is 0 Å². The summed E-state index contributed by atoms with van der Waals surface area (Å²) in [5.41, 5.74) is 10.9. The van der Waals surface area contributed by atoms with Gasteiger partial charge in [-0.2, -0.15) is 0 Å². The Hall–Kier alpha value is -4.89. The second kappa shape index (κ2) is 8.57. The van der Waals surface area contributed by atoms with Gasteiger partial charge in [0, 0.05) is 17.4 Å². The highest BCUT2D eigenvalue weighted by Crippen LogP contribution is 2.57. The summed E-state index contributed by atoms with van der Waals surface area (Å²) in [4.78, 5) is 7.40. The molecule has 0 aliphatic carbocycles. The van der Waals surface area contributed by atoms with Gasteiger partial charge in [-0.05, 0) is 41.0 Å². The maximum atomic E-state index is 5.07. The van der Waals surface area contributed by atoms with E-state index in [-0.39, 0.29) is 6.71 Å². The number of aromatic nitrogens is 1. The molecule has 2 aliphatic heterocycles. The minimum Gasteiger partial charge on any atom is -0.294 e. The molecule has 0 radical (unpaired) electrons. The van der Waals surface area contributed by atoms with Gasteiger partial charge in [0.1, 0.15) is 5.82 Å². The summed E-state index contributed by atoms with van der Waals surface area (Å²) < 4.78 is 0. The predicted octanol–water partition coefficient (Wildman–Crippen LogP) is 6.08. The summed E-state index contributed by atoms with van der Waals surface area (Å²) in [5.74, 6) is 0.977. The largest absolute Gasteiger partial charge is 0.294 e. The van der Waals surface area contributed by atoms with Crippen molar-refractivity contribution in [1.29, 1.82) is 0 Å². The van der Waals surface area contributed by atoms with Gasteiger partial charge in [0.25, 0.3) is 0 Å². The minimum atomic E-state index is -0.496. The van der Waals surface area contributed by atoms with Gasteiger partial charge in [0.15, 0.2) is 0 Å². The first-order chi connectivity index (χ1) is 19.4. The summed E-state index contributed by atoms with van der Waals surface area (Å²) >= 11 is 0. The Labute approximate surface area is 229 Å². The standard InChI is InChI=1S/C36H25BN2/c1-3-14-26(15-4-1)37-32-22-10-7-18-28(32)36(29-19-8-11-23-33(29)37)30-20-9-12-24-34(30)39(27-16-5-2-6-17-27)35-31(36)21-13-25-38-35/h1-25H. The van der Waals surface area contributed by atoms with E-state index in [1.807, 2.05) is 6.20 Å². The van der Waals surface area contributed by atoms with E-state index in [0.29, 0.717) is 0 Å². The minimum absolute atomic E-state index is 0.156. The number of fused-ring (bicyclic) bond motifs is 8. The first kappa shape index (κ1) is 22.1. The molecule has 2 nitrogen and oxygen atoms in total. The van der Waals surface area contributed by atoms with Crippen LogP contribution in [0.4, 0.5) is 17.2 Å². The van der Waals surface area contributed by atoms with E-state index in [9.17, 15) is 0 Å². The lowest BCUT2D eigenvalue weighted by Gasteiger charge is -2.49. The zero-order chi connectivity index (χ0) is 25.8. The summed E-state index contributed by atoms with van der Waals surface area (Å²) in [7, 11) is 0. The average molecular weight is 496 g/mol. The van der Waals surface area contributed by atoms with Crippen LogP contribution in [0, 0.1) is 0 Å². The molecule has 0 bridgehead atoms. The topological polar surface area (TPSA) is 16.1 Å². The van der Waals surface area contributed by atoms with Gasteiger partial charge in [-0.25, -0.2) is 4.98 Å². The molecule has 0 N–H and O–H groups in total. The molecule has 0 amide bonds. The molecule has 0 fully saturated rings. The molecule has 6 aromatic rings. The molecular formula is C36H25BN2. The van der Waals surface area contributed by atoms with Crippen LogP contribution >= 0.6 is 0 Å². The summed E-state index contributed by atoms with van der Waals surface area (Å²) in [6.45, 7) is 0.156. The van der Waals surface area contributed by atoms with E-state index < -0.39 is 5.41 Å². The molecule has 0 atom stereocenters. The smallest absolute Gasteiger partial charge is 0.242 e. The second-order valence-corrected chi connectivity index (χ2v) is 10.3. The summed E-state index contributed by atoms with van der Waals surface area (Å²) in [5, 5.41) is 0. The Morgan fingerprint density at radius 1 is 0.487 bits per heavy atom. The molecule has 3 heteroatoms. The van der Waals surface area contributed by atoms with Gasteiger partial charge >= 0.3 is 0 Å². The second-order valence-electron chi connectivity index (χ2n) is 10.3. The van der Waals surface area contributed by atoms with E-state index in [4.69, 9.17) is 4.98 Å². The zero-order valence-corrected chi connectivity index (χ0v) is 21.4. The third-order valence-corrected chi connectivity index (χ3v) is 8.45. The third-order valence-electron chi connectivity index (χ3n) is 8.45. The van der Waals surface area contributed by atoms with Crippen LogP contribution in [0.15, 0.2) is 152 Å². The van der Waals surface area contributed by atoms with Gasteiger partial charge in [0.2, 0.25) is 6.71 Å². The van der Waals surface area contributed by atoms with Crippen LogP contribution in [-0.2, 0) is 5.41 Å². The first-order valence-corrected chi connectivity index (χ1v) is 13.5. The molecule has 8 rings (SSSR count). The average Bonchev–Trinajstić information content (AvgIpc) is 3.02. The number of benzene rings is 5. The fraction of sp³-hybridized carbons (Fsp3) is 0.0278. The van der Waals surface area contributed by atoms with Gasteiger partial charge in [-0.15, -0.1) is 0 Å². The molecule has 0 saturated heterocycles. The lowest BCUT2D eigenvalue weighted by molar-refractivity contribution is 0.729. The van der Waals surface area contributed by atoms with Crippen LogP contribution < -0.4 is 21.3 Å². The highest BCUT2D eigenvalue weighted by Gasteiger charge is 2.52. The first-order valence-electron chi connectivity index (χ1n) is 13.5. The molecule has 0 unspecified atom stereocenters. The van der Waals surface area contributed by atoms with Crippen LogP contribution in [0.25, 0.3) is 0 Å². The SMILES string of the molecule is c1ccc(B2c3ccccc3C3(c4ccccc42)c2ccccc2N(c2ccccc2)c2ncccc23)cc1. The van der Waals surface area contributed by atoms with Crippen molar-refractivity contribution in [2.24, 2.45) is 0 Å². The van der Waals surface area contributed by atoms with E-state index >= 15 is 0 Å². The van der Waals surface area contributed by atoms with Crippen molar-refractivity contribution in [2.75, 3.05) is 4.90 Å². The summed E-state index contributed by atoms with van der Waals surface area (Å²) in [6, 6.07) is 52.9. The molecule has 3 heterocycles.